The van der Waals surface area contributed by atoms with E-state index in [-0.39, 0.29) is 6.04 Å². The molecule has 0 aliphatic carbocycles. The summed E-state index contributed by atoms with van der Waals surface area (Å²) in [5, 5.41) is 16.2. The second-order valence-electron chi connectivity index (χ2n) is 5.02. The van der Waals surface area contributed by atoms with Crippen molar-refractivity contribution in [1.82, 2.24) is 20.4 Å². The van der Waals surface area contributed by atoms with Crippen molar-refractivity contribution in [2.75, 3.05) is 19.6 Å². The Morgan fingerprint density at radius 2 is 2.44 bits per heavy atom. The lowest BCUT2D eigenvalue weighted by Gasteiger charge is -2.30. The minimum absolute atomic E-state index is 0.106. The zero-order valence-electron chi connectivity index (χ0n) is 10.9. The van der Waals surface area contributed by atoms with E-state index in [9.17, 15) is 0 Å². The van der Waals surface area contributed by atoms with Crippen molar-refractivity contribution in [1.29, 1.82) is 5.26 Å². The summed E-state index contributed by atoms with van der Waals surface area (Å²) >= 11 is 0. The molecule has 2 rings (SSSR count). The van der Waals surface area contributed by atoms with Gasteiger partial charge in [0.25, 0.3) is 0 Å². The summed E-state index contributed by atoms with van der Waals surface area (Å²) < 4.78 is 5.20. The number of aromatic nitrogens is 2. The third kappa shape index (κ3) is 3.28. The standard InChI is InChI=1S/C12H19N5O/c1-9(2)5-12-15-11(16-18-12)8-17-4-3-14-7-10(17)6-13/h9-10,14H,3-5,7-8H2,1-2H3. The maximum absolute atomic E-state index is 9.07. The molecule has 1 aromatic rings. The fourth-order valence-electron chi connectivity index (χ4n) is 2.03. The topological polar surface area (TPSA) is 78.0 Å². The molecule has 0 amide bonds. The molecule has 1 atom stereocenters. The molecule has 6 nitrogen and oxygen atoms in total. The SMILES string of the molecule is CC(C)Cc1nc(CN2CCNCC2C#N)no1. The Labute approximate surface area is 107 Å². The van der Waals surface area contributed by atoms with E-state index >= 15 is 0 Å². The molecule has 1 aromatic heterocycles. The number of rotatable bonds is 4. The quantitative estimate of drug-likeness (QED) is 0.840. The zero-order valence-corrected chi connectivity index (χ0v) is 10.9. The molecule has 1 aliphatic rings. The average molecular weight is 249 g/mol. The van der Waals surface area contributed by atoms with Gasteiger partial charge in [-0.25, -0.2) is 0 Å². The minimum atomic E-state index is -0.106. The van der Waals surface area contributed by atoms with Crippen LogP contribution in [0.1, 0.15) is 25.6 Å². The Morgan fingerprint density at radius 1 is 1.61 bits per heavy atom. The van der Waals surface area contributed by atoms with Gasteiger partial charge >= 0.3 is 0 Å². The third-order valence-electron chi connectivity index (χ3n) is 2.94. The van der Waals surface area contributed by atoms with Crippen LogP contribution < -0.4 is 5.32 Å². The van der Waals surface area contributed by atoms with Gasteiger partial charge in [-0.3, -0.25) is 4.90 Å². The first kappa shape index (κ1) is 13.0. The van der Waals surface area contributed by atoms with Gasteiger partial charge in [-0.2, -0.15) is 10.2 Å². The molecule has 6 heteroatoms. The van der Waals surface area contributed by atoms with E-state index < -0.39 is 0 Å². The highest BCUT2D eigenvalue weighted by atomic mass is 16.5. The van der Waals surface area contributed by atoms with E-state index in [2.05, 4.69) is 40.3 Å². The van der Waals surface area contributed by atoms with Crippen molar-refractivity contribution in [2.24, 2.45) is 5.92 Å². The highest BCUT2D eigenvalue weighted by molar-refractivity contribution is 4.98. The number of nitrogens with one attached hydrogen (secondary N) is 1. The van der Waals surface area contributed by atoms with Crippen molar-refractivity contribution in [3.05, 3.63) is 11.7 Å². The Hall–Kier alpha value is -1.45. The van der Waals surface area contributed by atoms with E-state index in [0.29, 0.717) is 30.7 Å². The van der Waals surface area contributed by atoms with Gasteiger partial charge in [-0.05, 0) is 5.92 Å². The number of hydrogen-bond acceptors (Lipinski definition) is 6. The summed E-state index contributed by atoms with van der Waals surface area (Å²) in [6, 6.07) is 2.18. The van der Waals surface area contributed by atoms with E-state index in [0.717, 1.165) is 19.5 Å². The van der Waals surface area contributed by atoms with Crippen LogP contribution in [0, 0.1) is 17.2 Å². The first-order chi connectivity index (χ1) is 8.69. The van der Waals surface area contributed by atoms with Crippen LogP contribution in [0.25, 0.3) is 0 Å². The van der Waals surface area contributed by atoms with Crippen LogP contribution in [0.5, 0.6) is 0 Å². The van der Waals surface area contributed by atoms with Gasteiger partial charge in [0.2, 0.25) is 5.89 Å². The summed E-state index contributed by atoms with van der Waals surface area (Å²) in [6.45, 7) is 7.26. The second kappa shape index (κ2) is 5.94. The van der Waals surface area contributed by atoms with E-state index in [1.165, 1.54) is 0 Å². The Kier molecular flexibility index (Phi) is 4.28. The lowest BCUT2D eigenvalue weighted by molar-refractivity contribution is 0.182. The smallest absolute Gasteiger partial charge is 0.226 e. The van der Waals surface area contributed by atoms with E-state index in [4.69, 9.17) is 9.78 Å². The first-order valence-electron chi connectivity index (χ1n) is 6.35. The Morgan fingerprint density at radius 3 is 3.17 bits per heavy atom. The Bertz CT molecular complexity index is 422. The van der Waals surface area contributed by atoms with Crippen molar-refractivity contribution >= 4 is 0 Å². The van der Waals surface area contributed by atoms with Crippen LogP contribution in [0.3, 0.4) is 0 Å². The summed E-state index contributed by atoms with van der Waals surface area (Å²) in [5.41, 5.74) is 0. The highest BCUT2D eigenvalue weighted by Gasteiger charge is 2.23. The molecular weight excluding hydrogens is 230 g/mol. The van der Waals surface area contributed by atoms with Gasteiger partial charge in [0.15, 0.2) is 5.82 Å². The van der Waals surface area contributed by atoms with Gasteiger partial charge in [0.05, 0.1) is 12.6 Å². The molecule has 1 N–H and O–H groups in total. The maximum Gasteiger partial charge on any atom is 0.226 e. The average Bonchev–Trinajstić information content (AvgIpc) is 2.76. The number of piperazine rings is 1. The zero-order chi connectivity index (χ0) is 13.0. The maximum atomic E-state index is 9.07. The van der Waals surface area contributed by atoms with Gasteiger partial charge in [0, 0.05) is 26.1 Å². The van der Waals surface area contributed by atoms with Crippen LogP contribution in [-0.2, 0) is 13.0 Å². The van der Waals surface area contributed by atoms with Crippen LogP contribution in [0.4, 0.5) is 0 Å². The van der Waals surface area contributed by atoms with Gasteiger partial charge < -0.3 is 9.84 Å². The molecular formula is C12H19N5O. The normalized spacial score (nSPS) is 21.1. The predicted octanol–water partition coefficient (Wildman–Crippen LogP) is 0.565. The van der Waals surface area contributed by atoms with Crippen LogP contribution in [-0.4, -0.2) is 40.7 Å². The molecule has 98 valence electrons. The third-order valence-corrected chi connectivity index (χ3v) is 2.94. The fourth-order valence-corrected chi connectivity index (χ4v) is 2.03. The minimum Gasteiger partial charge on any atom is -0.339 e. The number of nitriles is 1. The molecule has 1 saturated heterocycles. The second-order valence-corrected chi connectivity index (χ2v) is 5.02. The van der Waals surface area contributed by atoms with Gasteiger partial charge in [-0.15, -0.1) is 0 Å². The summed E-state index contributed by atoms with van der Waals surface area (Å²) in [7, 11) is 0. The summed E-state index contributed by atoms with van der Waals surface area (Å²) in [4.78, 5) is 6.45. The summed E-state index contributed by atoms with van der Waals surface area (Å²) in [5.74, 6) is 1.86. The Balaban J connectivity index is 1.96. The lowest BCUT2D eigenvalue weighted by atomic mass is 10.1. The molecule has 0 radical (unpaired) electrons. The number of nitrogens with zero attached hydrogens (tertiary/aromatic N) is 4. The van der Waals surface area contributed by atoms with Crippen molar-refractivity contribution in [3.8, 4) is 6.07 Å². The monoisotopic (exact) mass is 249 g/mol. The predicted molar refractivity (Wildman–Crippen MR) is 65.5 cm³/mol. The molecule has 1 unspecified atom stereocenters. The van der Waals surface area contributed by atoms with Gasteiger partial charge in [-0.1, -0.05) is 19.0 Å². The molecule has 2 heterocycles. The molecule has 0 saturated carbocycles. The van der Waals surface area contributed by atoms with E-state index in [1.54, 1.807) is 0 Å². The van der Waals surface area contributed by atoms with Crippen LogP contribution in [0.15, 0.2) is 4.52 Å². The first-order valence-corrected chi connectivity index (χ1v) is 6.35. The van der Waals surface area contributed by atoms with Gasteiger partial charge in [0.1, 0.15) is 6.04 Å². The lowest BCUT2D eigenvalue weighted by Crippen LogP contribution is -2.50. The molecule has 1 aliphatic heterocycles. The molecule has 0 aromatic carbocycles. The molecule has 1 fully saturated rings. The van der Waals surface area contributed by atoms with Crippen molar-refractivity contribution < 1.29 is 4.52 Å². The molecule has 0 spiro atoms. The van der Waals surface area contributed by atoms with E-state index in [1.807, 2.05) is 0 Å². The summed E-state index contributed by atoms with van der Waals surface area (Å²) in [6.07, 6.45) is 0.802. The fraction of sp³-hybridized carbons (Fsp3) is 0.750. The van der Waals surface area contributed by atoms with Crippen molar-refractivity contribution in [3.63, 3.8) is 0 Å². The highest BCUT2D eigenvalue weighted by Crippen LogP contribution is 2.10. The molecule has 0 bridgehead atoms. The largest absolute Gasteiger partial charge is 0.339 e. The van der Waals surface area contributed by atoms with Crippen LogP contribution >= 0.6 is 0 Å². The molecule has 18 heavy (non-hydrogen) atoms. The van der Waals surface area contributed by atoms with Crippen molar-refractivity contribution in [2.45, 2.75) is 32.9 Å². The van der Waals surface area contributed by atoms with Crippen LogP contribution in [0.2, 0.25) is 0 Å². The number of hydrogen-bond donors (Lipinski definition) is 1.